The van der Waals surface area contributed by atoms with Crippen LogP contribution in [-0.2, 0) is 9.47 Å². The summed E-state index contributed by atoms with van der Waals surface area (Å²) in [6.45, 7) is 3.64. The average molecular weight is 279 g/mol. The van der Waals surface area contributed by atoms with E-state index in [-0.39, 0.29) is 0 Å². The predicted molar refractivity (Wildman–Crippen MR) is 76.7 cm³/mol. The van der Waals surface area contributed by atoms with Crippen LogP contribution in [-0.4, -0.2) is 36.8 Å². The summed E-state index contributed by atoms with van der Waals surface area (Å²) in [4.78, 5) is 16.0. The van der Waals surface area contributed by atoms with Crippen LogP contribution in [0.1, 0.15) is 36.5 Å². The van der Waals surface area contributed by atoms with E-state index in [1.165, 1.54) is 6.20 Å². The standard InChI is InChI=1S/C14H21N3O3/c1-2-19-14(18)12-8-10(15)9-17-13(12)16-6-5-11-4-3-7-20-11/h8-9,11H,2-7,15H2,1H3,(H,16,17). The number of ether oxygens (including phenoxy) is 2. The summed E-state index contributed by atoms with van der Waals surface area (Å²) in [5.74, 6) is 0.0996. The Labute approximate surface area is 118 Å². The molecule has 1 fully saturated rings. The van der Waals surface area contributed by atoms with Crippen LogP contribution in [0.5, 0.6) is 0 Å². The minimum Gasteiger partial charge on any atom is -0.462 e. The van der Waals surface area contributed by atoms with Gasteiger partial charge in [0, 0.05) is 13.2 Å². The number of carbonyl (C=O) groups is 1. The van der Waals surface area contributed by atoms with E-state index in [2.05, 4.69) is 10.3 Å². The molecule has 1 aromatic rings. The molecule has 6 nitrogen and oxygen atoms in total. The van der Waals surface area contributed by atoms with Gasteiger partial charge >= 0.3 is 5.97 Å². The highest BCUT2D eigenvalue weighted by Crippen LogP contribution is 2.19. The second kappa shape index (κ2) is 7.09. The van der Waals surface area contributed by atoms with Gasteiger partial charge in [0.2, 0.25) is 0 Å². The number of hydrogen-bond acceptors (Lipinski definition) is 6. The van der Waals surface area contributed by atoms with Crippen LogP contribution in [0.2, 0.25) is 0 Å². The molecule has 3 N–H and O–H groups in total. The fourth-order valence-electron chi connectivity index (χ4n) is 2.21. The third-order valence-corrected chi connectivity index (χ3v) is 3.19. The molecule has 0 spiro atoms. The lowest BCUT2D eigenvalue weighted by Crippen LogP contribution is -2.16. The minimum absolute atomic E-state index is 0.308. The van der Waals surface area contributed by atoms with Gasteiger partial charge in [0.05, 0.1) is 24.6 Å². The molecule has 0 amide bonds. The van der Waals surface area contributed by atoms with Crippen molar-refractivity contribution in [1.29, 1.82) is 0 Å². The molecular formula is C14H21N3O3. The van der Waals surface area contributed by atoms with Gasteiger partial charge in [0.1, 0.15) is 11.4 Å². The second-order valence-electron chi connectivity index (χ2n) is 4.74. The Bertz CT molecular complexity index is 459. The number of rotatable bonds is 6. The van der Waals surface area contributed by atoms with E-state index in [1.807, 2.05) is 0 Å². The Morgan fingerprint density at radius 1 is 1.65 bits per heavy atom. The fourth-order valence-corrected chi connectivity index (χ4v) is 2.21. The van der Waals surface area contributed by atoms with E-state index in [0.29, 0.717) is 36.3 Å². The molecule has 20 heavy (non-hydrogen) atoms. The van der Waals surface area contributed by atoms with Crippen molar-refractivity contribution in [2.24, 2.45) is 0 Å². The summed E-state index contributed by atoms with van der Waals surface area (Å²) in [5.41, 5.74) is 6.49. The van der Waals surface area contributed by atoms with Crippen molar-refractivity contribution in [3.05, 3.63) is 17.8 Å². The van der Waals surface area contributed by atoms with Crippen LogP contribution in [0.4, 0.5) is 11.5 Å². The number of nitrogens with one attached hydrogen (secondary N) is 1. The predicted octanol–water partition coefficient (Wildman–Crippen LogP) is 1.82. The quantitative estimate of drug-likeness (QED) is 0.772. The molecule has 1 saturated heterocycles. The molecule has 0 aromatic carbocycles. The summed E-state index contributed by atoms with van der Waals surface area (Å²) in [6.07, 6.45) is 4.95. The monoisotopic (exact) mass is 279 g/mol. The first-order chi connectivity index (χ1) is 9.70. The topological polar surface area (TPSA) is 86.5 Å². The third kappa shape index (κ3) is 3.84. The first-order valence-corrected chi connectivity index (χ1v) is 6.98. The van der Waals surface area contributed by atoms with E-state index in [1.54, 1.807) is 13.0 Å². The van der Waals surface area contributed by atoms with E-state index in [9.17, 15) is 4.79 Å². The van der Waals surface area contributed by atoms with Crippen LogP contribution in [0, 0.1) is 0 Å². The number of aromatic nitrogens is 1. The van der Waals surface area contributed by atoms with Crippen molar-refractivity contribution in [3.63, 3.8) is 0 Å². The number of anilines is 2. The largest absolute Gasteiger partial charge is 0.462 e. The maximum Gasteiger partial charge on any atom is 0.341 e. The molecule has 0 bridgehead atoms. The molecule has 1 atom stereocenters. The normalized spacial score (nSPS) is 17.9. The van der Waals surface area contributed by atoms with Gasteiger partial charge in [-0.15, -0.1) is 0 Å². The molecule has 0 aliphatic carbocycles. The van der Waals surface area contributed by atoms with Crippen LogP contribution < -0.4 is 11.1 Å². The molecule has 1 unspecified atom stereocenters. The molecule has 110 valence electrons. The zero-order valence-electron chi connectivity index (χ0n) is 11.7. The first kappa shape index (κ1) is 14.6. The Hall–Kier alpha value is -1.82. The van der Waals surface area contributed by atoms with Gasteiger partial charge in [-0.1, -0.05) is 0 Å². The fraction of sp³-hybridized carbons (Fsp3) is 0.571. The zero-order valence-corrected chi connectivity index (χ0v) is 11.7. The van der Waals surface area contributed by atoms with Crippen molar-refractivity contribution < 1.29 is 14.3 Å². The summed E-state index contributed by atoms with van der Waals surface area (Å²) in [7, 11) is 0. The van der Waals surface area contributed by atoms with Gasteiger partial charge in [-0.2, -0.15) is 0 Å². The van der Waals surface area contributed by atoms with Gasteiger partial charge in [-0.3, -0.25) is 0 Å². The van der Waals surface area contributed by atoms with Gasteiger partial charge < -0.3 is 20.5 Å². The van der Waals surface area contributed by atoms with E-state index < -0.39 is 5.97 Å². The number of nitrogens with zero attached hydrogens (tertiary/aromatic N) is 1. The summed E-state index contributed by atoms with van der Waals surface area (Å²) in [5, 5.41) is 3.16. The Morgan fingerprint density at radius 2 is 2.50 bits per heavy atom. The van der Waals surface area contributed by atoms with E-state index in [0.717, 1.165) is 25.9 Å². The van der Waals surface area contributed by atoms with Crippen LogP contribution in [0.15, 0.2) is 12.3 Å². The number of hydrogen-bond donors (Lipinski definition) is 2. The van der Waals surface area contributed by atoms with Crippen molar-refractivity contribution in [1.82, 2.24) is 4.98 Å². The van der Waals surface area contributed by atoms with Crippen LogP contribution in [0.3, 0.4) is 0 Å². The minimum atomic E-state index is -0.410. The lowest BCUT2D eigenvalue weighted by atomic mass is 10.2. The van der Waals surface area contributed by atoms with Crippen molar-refractivity contribution in [3.8, 4) is 0 Å². The maximum atomic E-state index is 11.9. The highest BCUT2D eigenvalue weighted by Gasteiger charge is 2.17. The van der Waals surface area contributed by atoms with Crippen molar-refractivity contribution >= 4 is 17.5 Å². The lowest BCUT2D eigenvalue weighted by Gasteiger charge is -2.13. The maximum absolute atomic E-state index is 11.9. The molecular weight excluding hydrogens is 258 g/mol. The summed E-state index contributed by atoms with van der Waals surface area (Å²) >= 11 is 0. The Morgan fingerprint density at radius 3 is 3.20 bits per heavy atom. The zero-order chi connectivity index (χ0) is 14.4. The highest BCUT2D eigenvalue weighted by molar-refractivity contribution is 5.95. The Balaban J connectivity index is 1.96. The third-order valence-electron chi connectivity index (χ3n) is 3.19. The molecule has 2 rings (SSSR count). The lowest BCUT2D eigenvalue weighted by molar-refractivity contribution is 0.0527. The molecule has 0 radical (unpaired) electrons. The SMILES string of the molecule is CCOC(=O)c1cc(N)cnc1NCCC1CCCO1. The average Bonchev–Trinajstić information content (AvgIpc) is 2.94. The molecule has 6 heteroatoms. The van der Waals surface area contributed by atoms with Crippen molar-refractivity contribution in [2.75, 3.05) is 30.8 Å². The smallest absolute Gasteiger partial charge is 0.341 e. The molecule has 2 heterocycles. The Kier molecular flexibility index (Phi) is 5.17. The van der Waals surface area contributed by atoms with Crippen molar-refractivity contribution in [2.45, 2.75) is 32.3 Å². The number of nitrogens with two attached hydrogens (primary N) is 1. The van der Waals surface area contributed by atoms with Crippen LogP contribution >= 0.6 is 0 Å². The second-order valence-corrected chi connectivity index (χ2v) is 4.74. The summed E-state index contributed by atoms with van der Waals surface area (Å²) < 4.78 is 10.6. The summed E-state index contributed by atoms with van der Waals surface area (Å²) in [6, 6.07) is 1.58. The molecule has 1 aliphatic heterocycles. The number of esters is 1. The van der Waals surface area contributed by atoms with Gasteiger partial charge in [0.15, 0.2) is 0 Å². The first-order valence-electron chi connectivity index (χ1n) is 6.98. The number of carbonyl (C=O) groups excluding carboxylic acids is 1. The number of pyridine rings is 1. The molecule has 1 aromatic heterocycles. The number of nitrogen functional groups attached to an aromatic ring is 1. The van der Waals surface area contributed by atoms with Crippen LogP contribution in [0.25, 0.3) is 0 Å². The molecule has 0 saturated carbocycles. The van der Waals surface area contributed by atoms with E-state index >= 15 is 0 Å². The molecule has 1 aliphatic rings. The highest BCUT2D eigenvalue weighted by atomic mass is 16.5. The van der Waals surface area contributed by atoms with Gasteiger partial charge in [-0.05, 0) is 32.3 Å². The van der Waals surface area contributed by atoms with Gasteiger partial charge in [-0.25, -0.2) is 9.78 Å². The van der Waals surface area contributed by atoms with E-state index in [4.69, 9.17) is 15.2 Å². The van der Waals surface area contributed by atoms with Gasteiger partial charge in [0.25, 0.3) is 0 Å².